The van der Waals surface area contributed by atoms with Gasteiger partial charge in [0.05, 0.1) is 5.75 Å². The van der Waals surface area contributed by atoms with Crippen LogP contribution < -0.4 is 4.72 Å². The van der Waals surface area contributed by atoms with Gasteiger partial charge in [-0.2, -0.15) is 13.2 Å². The van der Waals surface area contributed by atoms with E-state index in [-0.39, 0.29) is 0 Å². The summed E-state index contributed by atoms with van der Waals surface area (Å²) in [6.45, 7) is 2.99. The van der Waals surface area contributed by atoms with Crippen LogP contribution in [0.2, 0.25) is 0 Å². The molecule has 18 heavy (non-hydrogen) atoms. The van der Waals surface area contributed by atoms with Gasteiger partial charge in [0, 0.05) is 6.42 Å². The molecule has 0 heterocycles. The number of rotatable bonds is 7. The molecule has 0 aliphatic rings. The van der Waals surface area contributed by atoms with Crippen molar-refractivity contribution in [3.05, 3.63) is 0 Å². The van der Waals surface area contributed by atoms with Crippen molar-refractivity contribution in [3.63, 3.8) is 0 Å². The molecule has 0 saturated carbocycles. The van der Waals surface area contributed by atoms with Gasteiger partial charge in [-0.15, -0.1) is 0 Å². The number of halogens is 3. The Balaban J connectivity index is 4.43. The third kappa shape index (κ3) is 7.49. The largest absolute Gasteiger partial charge is 0.480 e. The summed E-state index contributed by atoms with van der Waals surface area (Å²) in [7, 11) is -4.02. The number of aliphatic carboxylic acids is 1. The van der Waals surface area contributed by atoms with Crippen LogP contribution in [0.3, 0.4) is 0 Å². The Bertz CT molecular complexity index is 378. The van der Waals surface area contributed by atoms with Gasteiger partial charge in [0.2, 0.25) is 10.0 Å². The fourth-order valence-electron chi connectivity index (χ4n) is 1.19. The van der Waals surface area contributed by atoms with Crippen LogP contribution in [0.1, 0.15) is 26.7 Å². The van der Waals surface area contributed by atoms with Crippen LogP contribution in [-0.2, 0) is 14.8 Å². The first-order valence-electron chi connectivity index (χ1n) is 5.24. The van der Waals surface area contributed by atoms with Crippen LogP contribution in [0.15, 0.2) is 0 Å². The first-order chi connectivity index (χ1) is 7.94. The summed E-state index contributed by atoms with van der Waals surface area (Å²) in [5.41, 5.74) is 0. The highest BCUT2D eigenvalue weighted by Gasteiger charge is 2.30. The van der Waals surface area contributed by atoms with E-state index < -0.39 is 52.7 Å². The Morgan fingerprint density at radius 2 is 1.83 bits per heavy atom. The van der Waals surface area contributed by atoms with Crippen molar-refractivity contribution in [3.8, 4) is 0 Å². The van der Waals surface area contributed by atoms with Crippen LogP contribution in [-0.4, -0.2) is 37.5 Å². The molecule has 5 nitrogen and oxygen atoms in total. The maximum absolute atomic E-state index is 11.8. The summed E-state index contributed by atoms with van der Waals surface area (Å²) in [6.07, 6.45) is -6.23. The van der Waals surface area contributed by atoms with Crippen molar-refractivity contribution < 1.29 is 31.5 Å². The number of hydrogen-bond donors (Lipinski definition) is 2. The average Bonchev–Trinajstić information content (AvgIpc) is 2.10. The third-order valence-corrected chi connectivity index (χ3v) is 3.55. The molecule has 108 valence electrons. The smallest absolute Gasteiger partial charge is 0.389 e. The molecular formula is C9H16F3NO4S. The van der Waals surface area contributed by atoms with Gasteiger partial charge in [0.25, 0.3) is 0 Å². The Morgan fingerprint density at radius 3 is 2.17 bits per heavy atom. The predicted octanol–water partition coefficient (Wildman–Crippen LogP) is 1.36. The normalized spacial score (nSPS) is 14.8. The predicted molar refractivity (Wildman–Crippen MR) is 58.5 cm³/mol. The van der Waals surface area contributed by atoms with Crippen LogP contribution >= 0.6 is 0 Å². The molecule has 1 atom stereocenters. The van der Waals surface area contributed by atoms with E-state index in [9.17, 15) is 26.4 Å². The second kappa shape index (κ2) is 6.37. The van der Waals surface area contributed by atoms with Crippen molar-refractivity contribution >= 4 is 16.0 Å². The number of alkyl halides is 3. The molecular weight excluding hydrogens is 275 g/mol. The summed E-state index contributed by atoms with van der Waals surface area (Å²) in [5, 5.41) is 8.75. The number of sulfonamides is 1. The number of carboxylic acid groups (broad SMARTS) is 1. The molecule has 0 fully saturated rings. The molecule has 1 unspecified atom stereocenters. The fraction of sp³-hybridized carbons (Fsp3) is 0.889. The van der Waals surface area contributed by atoms with Gasteiger partial charge in [-0.25, -0.2) is 13.1 Å². The van der Waals surface area contributed by atoms with Crippen molar-refractivity contribution in [1.82, 2.24) is 4.72 Å². The van der Waals surface area contributed by atoms with Crippen molar-refractivity contribution in [1.29, 1.82) is 0 Å². The Kier molecular flexibility index (Phi) is 6.08. The maximum Gasteiger partial charge on any atom is 0.389 e. The molecule has 0 bridgehead atoms. The summed E-state index contributed by atoms with van der Waals surface area (Å²) in [4.78, 5) is 10.7. The molecule has 2 N–H and O–H groups in total. The van der Waals surface area contributed by atoms with E-state index >= 15 is 0 Å². The first-order valence-corrected chi connectivity index (χ1v) is 6.89. The van der Waals surface area contributed by atoms with Gasteiger partial charge in [-0.3, -0.25) is 4.79 Å². The van der Waals surface area contributed by atoms with E-state index in [2.05, 4.69) is 0 Å². The van der Waals surface area contributed by atoms with Gasteiger partial charge in [-0.1, -0.05) is 13.8 Å². The Morgan fingerprint density at radius 1 is 1.33 bits per heavy atom. The van der Waals surface area contributed by atoms with Gasteiger partial charge < -0.3 is 5.11 Å². The lowest BCUT2D eigenvalue weighted by atomic mass is 10.1. The standard InChI is InChI=1S/C9H16F3NO4S/c1-6(2)7(8(14)15)13-18(16,17)5-3-4-9(10,11)12/h6-7,13H,3-5H2,1-2H3,(H,14,15). The first kappa shape index (κ1) is 17.2. The maximum atomic E-state index is 11.8. The monoisotopic (exact) mass is 291 g/mol. The SMILES string of the molecule is CC(C)C(NS(=O)(=O)CCCC(F)(F)F)C(=O)O. The molecule has 9 heteroatoms. The van der Waals surface area contributed by atoms with Gasteiger partial charge in [-0.05, 0) is 12.3 Å². The van der Waals surface area contributed by atoms with Gasteiger partial charge in [0.1, 0.15) is 6.04 Å². The van der Waals surface area contributed by atoms with E-state index in [0.717, 1.165) is 0 Å². The zero-order valence-corrected chi connectivity index (χ0v) is 10.8. The summed E-state index contributed by atoms with van der Waals surface area (Å²) in [5.74, 6) is -2.60. The van der Waals surface area contributed by atoms with E-state index in [0.29, 0.717) is 0 Å². The molecule has 0 rings (SSSR count). The highest BCUT2D eigenvalue weighted by molar-refractivity contribution is 7.89. The van der Waals surface area contributed by atoms with E-state index in [4.69, 9.17) is 5.11 Å². The number of nitrogens with one attached hydrogen (secondary N) is 1. The average molecular weight is 291 g/mol. The van der Waals surface area contributed by atoms with Crippen molar-refractivity contribution in [2.45, 2.75) is 38.9 Å². The van der Waals surface area contributed by atoms with Crippen molar-refractivity contribution in [2.24, 2.45) is 5.92 Å². The second-order valence-electron chi connectivity index (χ2n) is 4.22. The zero-order valence-electron chi connectivity index (χ0n) is 9.99. The molecule has 0 amide bonds. The molecule has 0 aromatic carbocycles. The minimum Gasteiger partial charge on any atom is -0.480 e. The lowest BCUT2D eigenvalue weighted by Crippen LogP contribution is -2.45. The minimum absolute atomic E-state index is 0.500. The third-order valence-electron chi connectivity index (χ3n) is 2.11. The Hall–Kier alpha value is -0.830. The summed E-state index contributed by atoms with van der Waals surface area (Å²) < 4.78 is 60.2. The lowest BCUT2D eigenvalue weighted by Gasteiger charge is -2.18. The molecule has 0 radical (unpaired) electrons. The molecule has 0 saturated heterocycles. The van der Waals surface area contributed by atoms with E-state index in [1.54, 1.807) is 0 Å². The summed E-state index contributed by atoms with van der Waals surface area (Å²) >= 11 is 0. The second-order valence-corrected chi connectivity index (χ2v) is 6.09. The van der Waals surface area contributed by atoms with Crippen LogP contribution in [0, 0.1) is 5.92 Å². The highest BCUT2D eigenvalue weighted by Crippen LogP contribution is 2.21. The minimum atomic E-state index is -4.42. The van der Waals surface area contributed by atoms with Crippen molar-refractivity contribution in [2.75, 3.05) is 5.75 Å². The van der Waals surface area contributed by atoms with Gasteiger partial charge in [0.15, 0.2) is 0 Å². The van der Waals surface area contributed by atoms with Crippen LogP contribution in [0.25, 0.3) is 0 Å². The summed E-state index contributed by atoms with van der Waals surface area (Å²) in [6, 6.07) is -1.33. The number of carbonyl (C=O) groups is 1. The topological polar surface area (TPSA) is 83.5 Å². The lowest BCUT2D eigenvalue weighted by molar-refractivity contribution is -0.140. The molecule has 0 aliphatic heterocycles. The Labute approximate surface area is 103 Å². The van der Waals surface area contributed by atoms with Crippen LogP contribution in [0.4, 0.5) is 13.2 Å². The number of hydrogen-bond acceptors (Lipinski definition) is 3. The zero-order chi connectivity index (χ0) is 14.6. The fourth-order valence-corrected chi connectivity index (χ4v) is 2.59. The van der Waals surface area contributed by atoms with E-state index in [1.807, 2.05) is 4.72 Å². The van der Waals surface area contributed by atoms with Gasteiger partial charge >= 0.3 is 12.1 Å². The molecule has 0 aromatic rings. The van der Waals surface area contributed by atoms with E-state index in [1.165, 1.54) is 13.8 Å². The quantitative estimate of drug-likeness (QED) is 0.742. The highest BCUT2D eigenvalue weighted by atomic mass is 32.2. The molecule has 0 aromatic heterocycles. The number of carboxylic acids is 1. The van der Waals surface area contributed by atoms with Crippen LogP contribution in [0.5, 0.6) is 0 Å². The molecule has 0 spiro atoms. The molecule has 0 aliphatic carbocycles.